The summed E-state index contributed by atoms with van der Waals surface area (Å²) < 4.78 is 64.7. The molecule has 0 saturated heterocycles. The zero-order valence-corrected chi connectivity index (χ0v) is 11.2. The first-order chi connectivity index (χ1) is 9.77. The highest BCUT2D eigenvalue weighted by atomic mass is 35.5. The SMILES string of the molecule is Fc1cccc(F)c1CNc1cc(Cl)cc(C(F)(F)F)c1. The van der Waals surface area contributed by atoms with E-state index in [1.807, 2.05) is 0 Å². The molecule has 0 saturated carbocycles. The molecule has 0 atom stereocenters. The fraction of sp³-hybridized carbons (Fsp3) is 0.143. The molecular weight excluding hydrogens is 313 g/mol. The molecule has 0 fully saturated rings. The van der Waals surface area contributed by atoms with Gasteiger partial charge in [-0.15, -0.1) is 0 Å². The van der Waals surface area contributed by atoms with Crippen LogP contribution in [-0.2, 0) is 12.7 Å². The Hall–Kier alpha value is -1.82. The van der Waals surface area contributed by atoms with E-state index in [4.69, 9.17) is 11.6 Å². The van der Waals surface area contributed by atoms with Crippen molar-refractivity contribution in [3.05, 3.63) is 64.2 Å². The quantitative estimate of drug-likeness (QED) is 0.761. The van der Waals surface area contributed by atoms with Crippen LogP contribution in [0.3, 0.4) is 0 Å². The minimum atomic E-state index is -4.55. The van der Waals surface area contributed by atoms with Gasteiger partial charge in [0.2, 0.25) is 0 Å². The molecule has 2 aromatic carbocycles. The van der Waals surface area contributed by atoms with Gasteiger partial charge in [0, 0.05) is 22.8 Å². The fourth-order valence-electron chi connectivity index (χ4n) is 1.75. The van der Waals surface area contributed by atoms with Crippen molar-refractivity contribution in [2.75, 3.05) is 5.32 Å². The van der Waals surface area contributed by atoms with Crippen LogP contribution in [0.1, 0.15) is 11.1 Å². The highest BCUT2D eigenvalue weighted by Crippen LogP contribution is 2.33. The first kappa shape index (κ1) is 15.6. The van der Waals surface area contributed by atoms with E-state index in [1.54, 1.807) is 0 Å². The van der Waals surface area contributed by atoms with Crippen LogP contribution in [0, 0.1) is 11.6 Å². The van der Waals surface area contributed by atoms with Crippen LogP contribution in [0.15, 0.2) is 36.4 Å². The standard InChI is InChI=1S/C14H9ClF5N/c15-9-4-8(14(18,19)20)5-10(6-9)21-7-11-12(16)2-1-3-13(11)17/h1-6,21H,7H2. The van der Waals surface area contributed by atoms with E-state index in [2.05, 4.69) is 5.32 Å². The van der Waals surface area contributed by atoms with E-state index >= 15 is 0 Å². The molecule has 0 bridgehead atoms. The molecule has 0 heterocycles. The van der Waals surface area contributed by atoms with Crippen molar-refractivity contribution in [1.82, 2.24) is 0 Å². The summed E-state index contributed by atoms with van der Waals surface area (Å²) in [6.07, 6.45) is -4.55. The summed E-state index contributed by atoms with van der Waals surface area (Å²) in [7, 11) is 0. The van der Waals surface area contributed by atoms with E-state index in [-0.39, 0.29) is 22.8 Å². The van der Waals surface area contributed by atoms with Gasteiger partial charge in [-0.1, -0.05) is 17.7 Å². The average molecular weight is 322 g/mol. The first-order valence-corrected chi connectivity index (χ1v) is 6.20. The molecular formula is C14H9ClF5N. The van der Waals surface area contributed by atoms with E-state index < -0.39 is 23.4 Å². The van der Waals surface area contributed by atoms with Crippen LogP contribution >= 0.6 is 11.6 Å². The number of halogens is 6. The van der Waals surface area contributed by atoms with Crippen molar-refractivity contribution >= 4 is 17.3 Å². The highest BCUT2D eigenvalue weighted by Gasteiger charge is 2.31. The summed E-state index contributed by atoms with van der Waals surface area (Å²) in [5.41, 5.74) is -1.17. The second-order valence-electron chi connectivity index (χ2n) is 4.28. The highest BCUT2D eigenvalue weighted by molar-refractivity contribution is 6.30. The third-order valence-electron chi connectivity index (χ3n) is 2.76. The maximum Gasteiger partial charge on any atom is 0.416 e. The second-order valence-corrected chi connectivity index (χ2v) is 4.72. The average Bonchev–Trinajstić information content (AvgIpc) is 2.36. The summed E-state index contributed by atoms with van der Waals surface area (Å²) in [5, 5.41) is 2.41. The number of benzene rings is 2. The van der Waals surface area contributed by atoms with Crippen LogP contribution in [0.5, 0.6) is 0 Å². The molecule has 0 amide bonds. The number of rotatable bonds is 3. The van der Waals surface area contributed by atoms with Gasteiger partial charge < -0.3 is 5.32 Å². The van der Waals surface area contributed by atoms with Crippen molar-refractivity contribution in [3.8, 4) is 0 Å². The number of alkyl halides is 3. The van der Waals surface area contributed by atoms with Gasteiger partial charge in [-0.2, -0.15) is 13.2 Å². The molecule has 0 aliphatic heterocycles. The molecule has 0 spiro atoms. The second kappa shape index (κ2) is 5.89. The Labute approximate surface area is 122 Å². The number of nitrogens with one attached hydrogen (secondary N) is 1. The van der Waals surface area contributed by atoms with Gasteiger partial charge in [-0.05, 0) is 30.3 Å². The summed E-state index contributed by atoms with van der Waals surface area (Å²) in [6, 6.07) is 6.18. The molecule has 0 aliphatic rings. The van der Waals surface area contributed by atoms with E-state index in [0.717, 1.165) is 24.3 Å². The Kier molecular flexibility index (Phi) is 4.37. The summed E-state index contributed by atoms with van der Waals surface area (Å²) in [6.45, 7) is -0.295. The van der Waals surface area contributed by atoms with Crippen LogP contribution in [0.4, 0.5) is 27.6 Å². The molecule has 112 valence electrons. The maximum atomic E-state index is 13.4. The minimum Gasteiger partial charge on any atom is -0.381 e. The maximum absolute atomic E-state index is 13.4. The van der Waals surface area contributed by atoms with Gasteiger partial charge >= 0.3 is 6.18 Å². The minimum absolute atomic E-state index is 0.0254. The van der Waals surface area contributed by atoms with Crippen molar-refractivity contribution in [2.45, 2.75) is 12.7 Å². The van der Waals surface area contributed by atoms with Crippen LogP contribution in [0.25, 0.3) is 0 Å². The predicted molar refractivity (Wildman–Crippen MR) is 70.1 cm³/mol. The normalized spacial score (nSPS) is 11.5. The summed E-state index contributed by atoms with van der Waals surface area (Å²) >= 11 is 5.61. The van der Waals surface area contributed by atoms with Gasteiger partial charge in [0.15, 0.2) is 0 Å². The first-order valence-electron chi connectivity index (χ1n) is 5.82. The smallest absolute Gasteiger partial charge is 0.381 e. The Balaban J connectivity index is 2.23. The molecule has 2 rings (SSSR count). The molecule has 0 radical (unpaired) electrons. The van der Waals surface area contributed by atoms with E-state index in [1.165, 1.54) is 12.1 Å². The van der Waals surface area contributed by atoms with Crippen LogP contribution in [0.2, 0.25) is 5.02 Å². The third kappa shape index (κ3) is 3.85. The topological polar surface area (TPSA) is 12.0 Å². The van der Waals surface area contributed by atoms with Crippen LogP contribution in [-0.4, -0.2) is 0 Å². The molecule has 21 heavy (non-hydrogen) atoms. The van der Waals surface area contributed by atoms with Crippen LogP contribution < -0.4 is 5.32 Å². The molecule has 0 aromatic heterocycles. The fourth-order valence-corrected chi connectivity index (χ4v) is 1.98. The molecule has 0 aliphatic carbocycles. The number of hydrogen-bond acceptors (Lipinski definition) is 1. The van der Waals surface area contributed by atoms with Gasteiger partial charge in [-0.3, -0.25) is 0 Å². The van der Waals surface area contributed by atoms with Crippen molar-refractivity contribution < 1.29 is 22.0 Å². The molecule has 7 heteroatoms. The predicted octanol–water partition coefficient (Wildman–Crippen LogP) is 5.25. The molecule has 1 nitrogen and oxygen atoms in total. The van der Waals surface area contributed by atoms with E-state index in [0.29, 0.717) is 0 Å². The van der Waals surface area contributed by atoms with Crippen molar-refractivity contribution in [1.29, 1.82) is 0 Å². The van der Waals surface area contributed by atoms with Gasteiger partial charge in [0.25, 0.3) is 0 Å². The summed E-state index contributed by atoms with van der Waals surface area (Å²) in [5.74, 6) is -1.55. The van der Waals surface area contributed by atoms with Gasteiger partial charge in [0.05, 0.1) is 5.56 Å². The number of anilines is 1. The summed E-state index contributed by atoms with van der Waals surface area (Å²) in [4.78, 5) is 0. The lowest BCUT2D eigenvalue weighted by atomic mass is 10.1. The zero-order valence-electron chi connectivity index (χ0n) is 10.4. The third-order valence-corrected chi connectivity index (χ3v) is 2.97. The van der Waals surface area contributed by atoms with Gasteiger partial charge in [-0.25, -0.2) is 8.78 Å². The van der Waals surface area contributed by atoms with Crippen molar-refractivity contribution in [3.63, 3.8) is 0 Å². The molecule has 0 unspecified atom stereocenters. The lowest BCUT2D eigenvalue weighted by Crippen LogP contribution is -2.08. The lowest BCUT2D eigenvalue weighted by Gasteiger charge is -2.12. The lowest BCUT2D eigenvalue weighted by molar-refractivity contribution is -0.137. The van der Waals surface area contributed by atoms with Gasteiger partial charge in [0.1, 0.15) is 11.6 Å². The Morgan fingerprint density at radius 1 is 1.00 bits per heavy atom. The zero-order chi connectivity index (χ0) is 15.6. The number of hydrogen-bond donors (Lipinski definition) is 1. The monoisotopic (exact) mass is 321 g/mol. The Bertz CT molecular complexity index is 634. The van der Waals surface area contributed by atoms with Crippen molar-refractivity contribution in [2.24, 2.45) is 0 Å². The molecule has 2 aromatic rings. The Morgan fingerprint density at radius 3 is 2.19 bits per heavy atom. The largest absolute Gasteiger partial charge is 0.416 e. The molecule has 1 N–H and O–H groups in total. The van der Waals surface area contributed by atoms with E-state index in [9.17, 15) is 22.0 Å². The Morgan fingerprint density at radius 2 is 1.62 bits per heavy atom.